The molecule has 0 bridgehead atoms. The number of ether oxygens (including phenoxy) is 3. The zero-order valence-corrected chi connectivity index (χ0v) is 32.4. The van der Waals surface area contributed by atoms with Crippen LogP contribution in [0.1, 0.15) is 105 Å². The summed E-state index contributed by atoms with van der Waals surface area (Å²) < 4.78 is 18.8. The number of nitrogens with zero attached hydrogens (tertiary/aromatic N) is 6. The van der Waals surface area contributed by atoms with Gasteiger partial charge < -0.3 is 29.3 Å². The van der Waals surface area contributed by atoms with Crippen LogP contribution in [-0.2, 0) is 28.6 Å². The molecule has 1 aromatic carbocycles. The van der Waals surface area contributed by atoms with Crippen molar-refractivity contribution in [1.82, 2.24) is 24.6 Å². The monoisotopic (exact) mass is 745 g/mol. The smallest absolute Gasteiger partial charge is 0.425 e. The lowest BCUT2D eigenvalue weighted by Crippen LogP contribution is -2.59. The van der Waals surface area contributed by atoms with Crippen molar-refractivity contribution in [2.75, 3.05) is 29.9 Å². The number of hydrogen-bond donors (Lipinski definition) is 1. The third-order valence-corrected chi connectivity index (χ3v) is 9.76. The van der Waals surface area contributed by atoms with Crippen LogP contribution in [0.15, 0.2) is 42.7 Å². The number of fused-ring (bicyclic) bond motifs is 1. The number of piperazine rings is 1. The number of aromatic nitrogens is 3. The highest BCUT2D eigenvalue weighted by molar-refractivity contribution is 6.40. The van der Waals surface area contributed by atoms with Crippen molar-refractivity contribution in [2.24, 2.45) is 5.41 Å². The third-order valence-electron chi connectivity index (χ3n) is 9.76. The molecule has 4 heterocycles. The maximum atomic E-state index is 14.1. The van der Waals surface area contributed by atoms with Gasteiger partial charge in [0.2, 0.25) is 5.91 Å². The largest absolute Gasteiger partial charge is 0.443 e. The standard InChI is InChI=1S/C39H51N7O8/c1-24-21-44(28(25-14-10-9-11-15-25)23-43(24)34(49)39(8)17-18-39)33(48)32(47)41-27-20-40-31(26-22-45(42-30(26)27)29-16-12-13-19-52-29)46(35(50)53-37(2,3)4)36(51)54-38(5,6)7/h9-11,14-15,20,22,24,28-29H,12-13,16-19,21,23H2,1-8H3,(H,41,47). The van der Waals surface area contributed by atoms with E-state index >= 15 is 0 Å². The summed E-state index contributed by atoms with van der Waals surface area (Å²) >= 11 is 0. The van der Waals surface area contributed by atoms with Crippen LogP contribution in [0.3, 0.4) is 0 Å². The van der Waals surface area contributed by atoms with E-state index in [9.17, 15) is 24.0 Å². The maximum Gasteiger partial charge on any atom is 0.425 e. The minimum atomic E-state index is -1.02. The number of hydrogen-bond acceptors (Lipinski definition) is 10. The van der Waals surface area contributed by atoms with E-state index < -0.39 is 52.9 Å². The summed E-state index contributed by atoms with van der Waals surface area (Å²) in [6, 6.07) is 8.47. The van der Waals surface area contributed by atoms with Crippen molar-refractivity contribution >= 4 is 52.3 Å². The molecule has 0 radical (unpaired) electrons. The molecule has 2 saturated heterocycles. The molecule has 2 aromatic heterocycles. The van der Waals surface area contributed by atoms with Gasteiger partial charge in [-0.25, -0.2) is 19.3 Å². The van der Waals surface area contributed by atoms with Crippen LogP contribution < -0.4 is 10.2 Å². The summed E-state index contributed by atoms with van der Waals surface area (Å²) in [5.74, 6) is -1.81. The number of carbonyl (C=O) groups is 5. The van der Waals surface area contributed by atoms with E-state index in [1.165, 1.54) is 11.1 Å². The minimum Gasteiger partial charge on any atom is -0.443 e. The first-order valence-corrected chi connectivity index (χ1v) is 18.6. The van der Waals surface area contributed by atoms with Gasteiger partial charge >= 0.3 is 24.0 Å². The number of pyridine rings is 1. The molecule has 5 amide bonds. The Balaban J connectivity index is 1.35. The second-order valence-corrected chi connectivity index (χ2v) is 16.7. The van der Waals surface area contributed by atoms with Gasteiger partial charge in [-0.15, -0.1) is 0 Å². The molecule has 6 rings (SSSR count). The number of imide groups is 1. The SMILES string of the molecule is CC1CN(C(=O)C(=O)Nc2cnc(N(C(=O)OC(C)(C)C)C(=O)OC(C)(C)C)c3cn(C4CCCCO4)nc23)C(c2ccccc2)CN1C(=O)C1(C)CC1. The Kier molecular flexibility index (Phi) is 10.5. The Morgan fingerprint density at radius 1 is 0.926 bits per heavy atom. The number of amides is 5. The molecule has 3 fully saturated rings. The Bertz CT molecular complexity index is 1890. The van der Waals surface area contributed by atoms with Crippen LogP contribution in [0.5, 0.6) is 0 Å². The molecule has 1 saturated carbocycles. The van der Waals surface area contributed by atoms with Crippen LogP contribution >= 0.6 is 0 Å². The van der Waals surface area contributed by atoms with Gasteiger partial charge in [0.15, 0.2) is 5.82 Å². The maximum absolute atomic E-state index is 14.1. The zero-order chi connectivity index (χ0) is 39.2. The minimum absolute atomic E-state index is 0.0605. The summed E-state index contributed by atoms with van der Waals surface area (Å²) in [6.07, 6.45) is 4.44. The van der Waals surface area contributed by atoms with Crippen LogP contribution in [0, 0.1) is 5.41 Å². The lowest BCUT2D eigenvalue weighted by Gasteiger charge is -2.46. The fourth-order valence-electron chi connectivity index (χ4n) is 6.72. The highest BCUT2D eigenvalue weighted by Gasteiger charge is 2.50. The lowest BCUT2D eigenvalue weighted by atomic mass is 9.97. The molecule has 15 heteroatoms. The summed E-state index contributed by atoms with van der Waals surface area (Å²) in [7, 11) is 0. The summed E-state index contributed by atoms with van der Waals surface area (Å²) in [5.41, 5.74) is -1.28. The predicted octanol–water partition coefficient (Wildman–Crippen LogP) is 6.35. The van der Waals surface area contributed by atoms with Crippen molar-refractivity contribution in [3.8, 4) is 0 Å². The van der Waals surface area contributed by atoms with Gasteiger partial charge in [-0.2, -0.15) is 10.00 Å². The van der Waals surface area contributed by atoms with Crippen molar-refractivity contribution in [1.29, 1.82) is 0 Å². The van der Waals surface area contributed by atoms with Gasteiger partial charge in [0.1, 0.15) is 22.9 Å². The van der Waals surface area contributed by atoms with Crippen LogP contribution in [0.2, 0.25) is 0 Å². The second-order valence-electron chi connectivity index (χ2n) is 16.7. The van der Waals surface area contributed by atoms with Gasteiger partial charge in [0.25, 0.3) is 0 Å². The van der Waals surface area contributed by atoms with Crippen molar-refractivity contribution in [3.05, 3.63) is 48.3 Å². The van der Waals surface area contributed by atoms with Gasteiger partial charge in [-0.3, -0.25) is 14.4 Å². The van der Waals surface area contributed by atoms with Gasteiger partial charge in [-0.1, -0.05) is 37.3 Å². The molecule has 3 atom stereocenters. The van der Waals surface area contributed by atoms with Crippen LogP contribution in [-0.4, -0.2) is 91.4 Å². The van der Waals surface area contributed by atoms with Crippen molar-refractivity contribution in [2.45, 2.75) is 117 Å². The van der Waals surface area contributed by atoms with E-state index in [4.69, 9.17) is 19.3 Å². The highest BCUT2D eigenvalue weighted by atomic mass is 16.6. The lowest BCUT2D eigenvalue weighted by molar-refractivity contribution is -0.153. The summed E-state index contributed by atoms with van der Waals surface area (Å²) in [5, 5.41) is 7.67. The Hall–Kier alpha value is -5.05. The molecule has 15 nitrogen and oxygen atoms in total. The molecular formula is C39H51N7O8. The normalized spacial score (nSPS) is 21.3. The van der Waals surface area contributed by atoms with Crippen molar-refractivity contribution in [3.63, 3.8) is 0 Å². The molecule has 3 aromatic rings. The van der Waals surface area contributed by atoms with E-state index in [0.717, 1.165) is 31.2 Å². The number of carbonyl (C=O) groups excluding carboxylic acids is 5. The van der Waals surface area contributed by atoms with E-state index in [1.807, 2.05) is 49.1 Å². The molecule has 290 valence electrons. The Labute approximate surface area is 315 Å². The third kappa shape index (κ3) is 8.35. The fourth-order valence-corrected chi connectivity index (χ4v) is 6.72. The average Bonchev–Trinajstić information content (AvgIpc) is 3.69. The molecule has 3 aliphatic rings. The summed E-state index contributed by atoms with van der Waals surface area (Å²) in [4.78, 5) is 77.4. The summed E-state index contributed by atoms with van der Waals surface area (Å²) in [6.45, 7) is 14.8. The Morgan fingerprint density at radius 2 is 1.57 bits per heavy atom. The fraction of sp³-hybridized carbons (Fsp3) is 0.564. The topological polar surface area (TPSA) is 166 Å². The predicted molar refractivity (Wildman–Crippen MR) is 199 cm³/mol. The molecular weight excluding hydrogens is 694 g/mol. The van der Waals surface area contributed by atoms with Crippen LogP contribution in [0.4, 0.5) is 21.1 Å². The van der Waals surface area contributed by atoms with E-state index in [1.54, 1.807) is 52.4 Å². The quantitative estimate of drug-likeness (QED) is 0.291. The average molecular weight is 746 g/mol. The first-order chi connectivity index (χ1) is 25.3. The van der Waals surface area contributed by atoms with E-state index in [2.05, 4.69) is 10.3 Å². The van der Waals surface area contributed by atoms with E-state index in [-0.39, 0.29) is 47.4 Å². The first-order valence-electron chi connectivity index (χ1n) is 18.6. The second kappa shape index (κ2) is 14.6. The zero-order valence-electron chi connectivity index (χ0n) is 32.4. The number of rotatable bonds is 5. The van der Waals surface area contributed by atoms with Crippen LogP contribution in [0.25, 0.3) is 10.9 Å². The highest BCUT2D eigenvalue weighted by Crippen LogP contribution is 2.47. The van der Waals surface area contributed by atoms with Gasteiger partial charge in [0.05, 0.1) is 23.3 Å². The molecule has 3 unspecified atom stereocenters. The molecule has 1 N–H and O–H groups in total. The van der Waals surface area contributed by atoms with Gasteiger partial charge in [0, 0.05) is 37.4 Å². The van der Waals surface area contributed by atoms with Gasteiger partial charge in [-0.05, 0) is 86.1 Å². The molecule has 0 spiro atoms. The first kappa shape index (κ1) is 38.7. The number of anilines is 2. The van der Waals surface area contributed by atoms with E-state index in [0.29, 0.717) is 17.9 Å². The number of nitrogens with one attached hydrogen (secondary N) is 1. The number of benzene rings is 1. The molecule has 2 aliphatic heterocycles. The van der Waals surface area contributed by atoms with Crippen molar-refractivity contribution < 1.29 is 38.2 Å². The Morgan fingerprint density at radius 3 is 2.15 bits per heavy atom. The molecule has 1 aliphatic carbocycles. The molecule has 54 heavy (non-hydrogen) atoms.